The molecule has 0 aliphatic rings. The van der Waals surface area contributed by atoms with Gasteiger partial charge in [0.1, 0.15) is 22.9 Å². The van der Waals surface area contributed by atoms with Crippen molar-refractivity contribution < 1.29 is 29.6 Å². The fourth-order valence-corrected chi connectivity index (χ4v) is 2.72. The Kier molecular flexibility index (Phi) is 5.53. The van der Waals surface area contributed by atoms with Crippen LogP contribution in [0.3, 0.4) is 0 Å². The summed E-state index contributed by atoms with van der Waals surface area (Å²) in [7, 11) is 0. The third kappa shape index (κ3) is 4.14. The van der Waals surface area contributed by atoms with E-state index in [2.05, 4.69) is 4.98 Å². The van der Waals surface area contributed by atoms with Gasteiger partial charge in [-0.25, -0.2) is 14.7 Å². The molecular weight excluding hydrogens is 390 g/mol. The first-order valence-electron chi connectivity index (χ1n) is 8.75. The first-order chi connectivity index (χ1) is 14.2. The van der Waals surface area contributed by atoms with E-state index < -0.39 is 24.0 Å². The van der Waals surface area contributed by atoms with Crippen molar-refractivity contribution in [2.45, 2.75) is 12.5 Å². The number of nitriles is 1. The normalized spacial score (nSPS) is 12.6. The lowest BCUT2D eigenvalue weighted by Crippen LogP contribution is -2.47. The maximum Gasteiger partial charge on any atom is 0.337 e. The number of carbonyl (C=O) groups excluding carboxylic acids is 1. The molecule has 0 saturated carbocycles. The molecule has 1 atom stereocenters. The van der Waals surface area contributed by atoms with Gasteiger partial charge in [0.2, 0.25) is 0 Å². The van der Waals surface area contributed by atoms with Gasteiger partial charge >= 0.3 is 5.97 Å². The topological polar surface area (TPSA) is 144 Å². The molecular formula is C21H17N3O6. The van der Waals surface area contributed by atoms with E-state index in [0.717, 1.165) is 13.1 Å². The molecule has 0 radical (unpaired) electrons. The van der Waals surface area contributed by atoms with E-state index in [0.29, 0.717) is 16.4 Å². The molecule has 1 aromatic heterocycles. The molecule has 3 N–H and O–H groups in total. The lowest BCUT2D eigenvalue weighted by Gasteiger charge is -2.23. The molecule has 0 aliphatic heterocycles. The Labute approximate surface area is 171 Å². The van der Waals surface area contributed by atoms with Crippen LogP contribution in [0, 0.1) is 11.5 Å². The number of amides is 1. The van der Waals surface area contributed by atoms with Gasteiger partial charge in [0, 0.05) is 10.8 Å². The number of carbonyl (C=O) groups is 2. The second kappa shape index (κ2) is 8.06. The largest absolute Gasteiger partial charge is 0.506 e. The van der Waals surface area contributed by atoms with E-state index >= 15 is 0 Å². The van der Waals surface area contributed by atoms with Crippen molar-refractivity contribution in [2.24, 2.45) is 0 Å². The summed E-state index contributed by atoms with van der Waals surface area (Å²) in [5, 5.41) is 38.9. The van der Waals surface area contributed by atoms with Crippen LogP contribution in [0.4, 0.5) is 0 Å². The first-order valence-corrected chi connectivity index (χ1v) is 8.75. The lowest BCUT2D eigenvalue weighted by molar-refractivity contribution is -0.157. The average molecular weight is 407 g/mol. The number of aliphatic hydroxyl groups is 1. The molecule has 3 rings (SSSR count). The number of pyridine rings is 1. The van der Waals surface area contributed by atoms with E-state index in [-0.39, 0.29) is 22.2 Å². The summed E-state index contributed by atoms with van der Waals surface area (Å²) in [5.41, 5.74) is -2.54. The lowest BCUT2D eigenvalue weighted by atomic mass is 10.1. The number of benzene rings is 2. The molecule has 0 unspecified atom stereocenters. The minimum absolute atomic E-state index is 0.186. The van der Waals surface area contributed by atoms with Gasteiger partial charge in [-0.1, -0.05) is 18.2 Å². The van der Waals surface area contributed by atoms with Crippen molar-refractivity contribution in [1.82, 2.24) is 9.88 Å². The smallest absolute Gasteiger partial charge is 0.337 e. The second-order valence-electron chi connectivity index (χ2n) is 6.68. The monoisotopic (exact) mass is 407 g/mol. The second-order valence-corrected chi connectivity index (χ2v) is 6.68. The highest BCUT2D eigenvalue weighted by Crippen LogP contribution is 2.32. The molecule has 1 heterocycles. The predicted molar refractivity (Wildman–Crippen MR) is 105 cm³/mol. The fraction of sp³-hybridized carbons (Fsp3) is 0.143. The van der Waals surface area contributed by atoms with Crippen molar-refractivity contribution in [2.75, 3.05) is 6.54 Å². The van der Waals surface area contributed by atoms with Crippen LogP contribution < -0.4 is 4.74 Å². The molecule has 0 aliphatic carbocycles. The SMILES string of the molecule is C[C@](O)(CN(C#N)C(=O)c1ncc(O)c2ccc(Oc3ccccc3)cc12)C(=O)O. The van der Waals surface area contributed by atoms with Crippen molar-refractivity contribution in [1.29, 1.82) is 5.26 Å². The van der Waals surface area contributed by atoms with Gasteiger partial charge in [0.25, 0.3) is 5.91 Å². The predicted octanol–water partition coefficient (Wildman–Crippen LogP) is 2.49. The number of para-hydroxylation sites is 1. The highest BCUT2D eigenvalue weighted by molar-refractivity contribution is 6.07. The quantitative estimate of drug-likeness (QED) is 0.418. The van der Waals surface area contributed by atoms with Gasteiger partial charge in [0.05, 0.1) is 12.7 Å². The summed E-state index contributed by atoms with van der Waals surface area (Å²) in [6.07, 6.45) is 2.63. The molecule has 9 heteroatoms. The van der Waals surface area contributed by atoms with E-state index in [4.69, 9.17) is 9.84 Å². The number of aromatic nitrogens is 1. The summed E-state index contributed by atoms with van der Waals surface area (Å²) in [6.45, 7) is 0.197. The van der Waals surface area contributed by atoms with Gasteiger partial charge in [-0.2, -0.15) is 5.26 Å². The van der Waals surface area contributed by atoms with E-state index in [1.165, 1.54) is 12.1 Å². The highest BCUT2D eigenvalue weighted by Gasteiger charge is 2.35. The number of fused-ring (bicyclic) bond motifs is 1. The summed E-state index contributed by atoms with van der Waals surface area (Å²) in [6, 6.07) is 13.5. The third-order valence-corrected chi connectivity index (χ3v) is 4.31. The van der Waals surface area contributed by atoms with Crippen molar-refractivity contribution in [3.05, 3.63) is 60.4 Å². The third-order valence-electron chi connectivity index (χ3n) is 4.31. The van der Waals surface area contributed by atoms with Crippen LogP contribution in [-0.4, -0.2) is 49.2 Å². The van der Waals surface area contributed by atoms with Gasteiger partial charge in [-0.3, -0.25) is 4.79 Å². The Bertz CT molecular complexity index is 1150. The zero-order valence-corrected chi connectivity index (χ0v) is 15.8. The number of nitrogens with zero attached hydrogens (tertiary/aromatic N) is 3. The van der Waals surface area contributed by atoms with Crippen LogP contribution in [-0.2, 0) is 4.79 Å². The molecule has 9 nitrogen and oxygen atoms in total. The van der Waals surface area contributed by atoms with E-state index in [9.17, 15) is 25.1 Å². The van der Waals surface area contributed by atoms with Crippen LogP contribution in [0.15, 0.2) is 54.7 Å². The summed E-state index contributed by atoms with van der Waals surface area (Å²) in [5.74, 6) is -1.79. The van der Waals surface area contributed by atoms with Crippen LogP contribution in [0.2, 0.25) is 0 Å². The van der Waals surface area contributed by atoms with Crippen molar-refractivity contribution in [3.8, 4) is 23.4 Å². The number of aromatic hydroxyl groups is 1. The number of carboxylic acid groups (broad SMARTS) is 1. The van der Waals surface area contributed by atoms with Gasteiger partial charge in [-0.15, -0.1) is 0 Å². The number of hydrogen-bond donors (Lipinski definition) is 3. The molecule has 1 amide bonds. The van der Waals surface area contributed by atoms with Gasteiger partial charge in [-0.05, 0) is 37.3 Å². The fourth-order valence-electron chi connectivity index (χ4n) is 2.72. The number of rotatable bonds is 6. The molecule has 3 aromatic rings. The minimum atomic E-state index is -2.33. The van der Waals surface area contributed by atoms with E-state index in [1.54, 1.807) is 36.5 Å². The maximum atomic E-state index is 12.9. The summed E-state index contributed by atoms with van der Waals surface area (Å²) in [4.78, 5) is 28.4. The Morgan fingerprint density at radius 2 is 1.87 bits per heavy atom. The zero-order chi connectivity index (χ0) is 21.9. The molecule has 0 bridgehead atoms. The van der Waals surface area contributed by atoms with Crippen LogP contribution >= 0.6 is 0 Å². The average Bonchev–Trinajstić information content (AvgIpc) is 2.72. The van der Waals surface area contributed by atoms with Gasteiger partial charge < -0.3 is 20.1 Å². The molecule has 2 aromatic carbocycles. The number of hydrogen-bond acceptors (Lipinski definition) is 7. The Morgan fingerprint density at radius 3 is 2.50 bits per heavy atom. The first kappa shape index (κ1) is 20.6. The Balaban J connectivity index is 2.03. The maximum absolute atomic E-state index is 12.9. The summed E-state index contributed by atoms with van der Waals surface area (Å²) >= 11 is 0. The van der Waals surface area contributed by atoms with Crippen LogP contribution in [0.25, 0.3) is 10.8 Å². The Hall–Kier alpha value is -4.16. The van der Waals surface area contributed by atoms with Crippen LogP contribution in [0.1, 0.15) is 17.4 Å². The van der Waals surface area contributed by atoms with E-state index in [1.807, 2.05) is 6.07 Å². The van der Waals surface area contributed by atoms with Crippen LogP contribution in [0.5, 0.6) is 17.2 Å². The molecule has 0 fully saturated rings. The molecule has 0 spiro atoms. The minimum Gasteiger partial charge on any atom is -0.506 e. The van der Waals surface area contributed by atoms with Crippen molar-refractivity contribution in [3.63, 3.8) is 0 Å². The number of aliphatic carboxylic acids is 1. The number of ether oxygens (including phenoxy) is 1. The molecule has 30 heavy (non-hydrogen) atoms. The van der Waals surface area contributed by atoms with Crippen molar-refractivity contribution >= 4 is 22.6 Å². The van der Waals surface area contributed by atoms with Gasteiger partial charge in [0.15, 0.2) is 11.8 Å². The standard InChI is InChI=1S/C21H17N3O6/c1-21(29,20(27)28)11-24(12-22)19(26)18-16-9-14(30-13-5-3-2-4-6-13)7-8-15(16)17(25)10-23-18/h2-10,25,29H,11H2,1H3,(H,27,28)/t21-/m0/s1. The number of carboxylic acids is 1. The molecule has 0 saturated heterocycles. The zero-order valence-electron chi connectivity index (χ0n) is 15.8. The molecule has 152 valence electrons. The summed E-state index contributed by atoms with van der Waals surface area (Å²) < 4.78 is 5.74. The Morgan fingerprint density at radius 1 is 1.17 bits per heavy atom. The highest BCUT2D eigenvalue weighted by atomic mass is 16.5.